The van der Waals surface area contributed by atoms with Crippen molar-refractivity contribution >= 4 is 0 Å². The number of hydrogen-bond donors (Lipinski definition) is 0. The molecular formula is C9H13F3. The molecule has 3 heteroatoms. The van der Waals surface area contributed by atoms with Crippen LogP contribution in [-0.2, 0) is 0 Å². The van der Waals surface area contributed by atoms with Crippen molar-refractivity contribution in [1.29, 1.82) is 0 Å². The SMILES string of the molecule is C=CC1CCCCC1C(F)(F)F. The molecule has 0 nitrogen and oxygen atoms in total. The van der Waals surface area contributed by atoms with Gasteiger partial charge in [-0.25, -0.2) is 0 Å². The molecule has 1 fully saturated rings. The van der Waals surface area contributed by atoms with Crippen LogP contribution in [0.3, 0.4) is 0 Å². The van der Waals surface area contributed by atoms with Crippen molar-refractivity contribution in [3.8, 4) is 0 Å². The fraction of sp³-hybridized carbons (Fsp3) is 0.778. The predicted molar refractivity (Wildman–Crippen MR) is 41.7 cm³/mol. The van der Waals surface area contributed by atoms with Crippen LogP contribution >= 0.6 is 0 Å². The first-order chi connectivity index (χ1) is 5.55. The second kappa shape index (κ2) is 3.50. The third-order valence-corrected chi connectivity index (χ3v) is 2.54. The highest BCUT2D eigenvalue weighted by Gasteiger charge is 2.44. The van der Waals surface area contributed by atoms with E-state index in [4.69, 9.17) is 0 Å². The molecule has 0 aromatic heterocycles. The molecule has 0 aromatic carbocycles. The number of halogens is 3. The first kappa shape index (κ1) is 9.62. The van der Waals surface area contributed by atoms with Gasteiger partial charge in [-0.15, -0.1) is 6.58 Å². The van der Waals surface area contributed by atoms with Crippen molar-refractivity contribution in [2.24, 2.45) is 11.8 Å². The summed E-state index contributed by atoms with van der Waals surface area (Å²) in [6, 6.07) is 0. The molecule has 70 valence electrons. The largest absolute Gasteiger partial charge is 0.392 e. The molecule has 1 aliphatic rings. The van der Waals surface area contributed by atoms with Gasteiger partial charge in [0.1, 0.15) is 0 Å². The maximum atomic E-state index is 12.3. The molecule has 2 unspecified atom stereocenters. The zero-order valence-electron chi connectivity index (χ0n) is 6.90. The van der Waals surface area contributed by atoms with E-state index in [2.05, 4.69) is 6.58 Å². The summed E-state index contributed by atoms with van der Waals surface area (Å²) in [6.45, 7) is 3.45. The molecule has 12 heavy (non-hydrogen) atoms. The zero-order chi connectivity index (χ0) is 9.19. The van der Waals surface area contributed by atoms with Crippen LogP contribution in [0.4, 0.5) is 13.2 Å². The summed E-state index contributed by atoms with van der Waals surface area (Å²) >= 11 is 0. The third-order valence-electron chi connectivity index (χ3n) is 2.54. The summed E-state index contributed by atoms with van der Waals surface area (Å²) in [7, 11) is 0. The van der Waals surface area contributed by atoms with Crippen molar-refractivity contribution in [3.63, 3.8) is 0 Å². The molecule has 1 aliphatic carbocycles. The summed E-state index contributed by atoms with van der Waals surface area (Å²) in [5.41, 5.74) is 0. The van der Waals surface area contributed by atoms with Gasteiger partial charge in [0, 0.05) is 0 Å². The van der Waals surface area contributed by atoms with E-state index in [9.17, 15) is 13.2 Å². The number of rotatable bonds is 1. The Bertz CT molecular complexity index is 160. The van der Waals surface area contributed by atoms with Gasteiger partial charge in [0.25, 0.3) is 0 Å². The first-order valence-electron chi connectivity index (χ1n) is 4.25. The molecule has 0 spiro atoms. The Kier molecular flexibility index (Phi) is 2.80. The Morgan fingerprint density at radius 2 is 1.75 bits per heavy atom. The Balaban J connectivity index is 2.65. The molecule has 0 bridgehead atoms. The van der Waals surface area contributed by atoms with Gasteiger partial charge in [0.2, 0.25) is 0 Å². The fourth-order valence-electron chi connectivity index (χ4n) is 1.85. The molecule has 0 saturated heterocycles. The summed E-state index contributed by atoms with van der Waals surface area (Å²) in [5.74, 6) is -1.48. The van der Waals surface area contributed by atoms with Crippen molar-refractivity contribution in [2.75, 3.05) is 0 Å². The maximum Gasteiger partial charge on any atom is 0.392 e. The minimum atomic E-state index is -4.03. The molecule has 1 saturated carbocycles. The van der Waals surface area contributed by atoms with Gasteiger partial charge in [-0.05, 0) is 18.8 Å². The van der Waals surface area contributed by atoms with Crippen molar-refractivity contribution in [1.82, 2.24) is 0 Å². The molecule has 0 amide bonds. The number of alkyl halides is 3. The second-order valence-corrected chi connectivity index (χ2v) is 3.33. The Morgan fingerprint density at radius 1 is 1.17 bits per heavy atom. The lowest BCUT2D eigenvalue weighted by atomic mass is 9.79. The molecule has 1 rings (SSSR count). The van der Waals surface area contributed by atoms with E-state index in [1.165, 1.54) is 6.08 Å². The standard InChI is InChI=1S/C9H13F3/c1-2-7-5-3-4-6-8(7)9(10,11)12/h2,7-8H,1,3-6H2. The number of allylic oxidation sites excluding steroid dienone is 1. The summed E-state index contributed by atoms with van der Waals surface area (Å²) in [4.78, 5) is 0. The smallest absolute Gasteiger partial charge is 0.171 e. The molecule has 0 aromatic rings. The molecular weight excluding hydrogens is 165 g/mol. The van der Waals surface area contributed by atoms with Crippen molar-refractivity contribution in [2.45, 2.75) is 31.9 Å². The fourth-order valence-corrected chi connectivity index (χ4v) is 1.85. The Morgan fingerprint density at radius 3 is 2.17 bits per heavy atom. The predicted octanol–water partition coefficient (Wildman–Crippen LogP) is 3.54. The maximum absolute atomic E-state index is 12.3. The third kappa shape index (κ3) is 2.02. The van der Waals surface area contributed by atoms with Gasteiger partial charge >= 0.3 is 6.18 Å². The van der Waals surface area contributed by atoms with Crippen molar-refractivity contribution < 1.29 is 13.2 Å². The average molecular weight is 178 g/mol. The average Bonchev–Trinajstić information content (AvgIpc) is 2.03. The monoisotopic (exact) mass is 178 g/mol. The lowest BCUT2D eigenvalue weighted by Crippen LogP contribution is -2.31. The van der Waals surface area contributed by atoms with Gasteiger partial charge in [0.05, 0.1) is 5.92 Å². The van der Waals surface area contributed by atoms with Gasteiger partial charge < -0.3 is 0 Å². The summed E-state index contributed by atoms with van der Waals surface area (Å²) in [5, 5.41) is 0. The summed E-state index contributed by atoms with van der Waals surface area (Å²) in [6.07, 6.45) is -0.0394. The van der Waals surface area contributed by atoms with E-state index in [1.54, 1.807) is 0 Å². The van der Waals surface area contributed by atoms with Gasteiger partial charge in [0.15, 0.2) is 0 Å². The Hall–Kier alpha value is -0.470. The van der Waals surface area contributed by atoms with Gasteiger partial charge in [-0.3, -0.25) is 0 Å². The van der Waals surface area contributed by atoms with E-state index >= 15 is 0 Å². The lowest BCUT2D eigenvalue weighted by molar-refractivity contribution is -0.191. The normalized spacial score (nSPS) is 31.6. The van der Waals surface area contributed by atoms with E-state index < -0.39 is 12.1 Å². The van der Waals surface area contributed by atoms with Crippen LogP contribution in [0.15, 0.2) is 12.7 Å². The highest BCUT2D eigenvalue weighted by Crippen LogP contribution is 2.41. The van der Waals surface area contributed by atoms with Gasteiger partial charge in [-0.2, -0.15) is 13.2 Å². The van der Waals surface area contributed by atoms with E-state index in [1.807, 2.05) is 0 Å². The number of hydrogen-bond acceptors (Lipinski definition) is 0. The minimum Gasteiger partial charge on any atom is -0.171 e. The lowest BCUT2D eigenvalue weighted by Gasteiger charge is -2.30. The highest BCUT2D eigenvalue weighted by atomic mass is 19.4. The van der Waals surface area contributed by atoms with Crippen LogP contribution in [0, 0.1) is 11.8 Å². The quantitative estimate of drug-likeness (QED) is 0.539. The van der Waals surface area contributed by atoms with Crippen LogP contribution in [0.5, 0.6) is 0 Å². The van der Waals surface area contributed by atoms with Crippen molar-refractivity contribution in [3.05, 3.63) is 12.7 Å². The van der Waals surface area contributed by atoms with Crippen LogP contribution in [-0.4, -0.2) is 6.18 Å². The minimum absolute atomic E-state index is 0.278. The first-order valence-corrected chi connectivity index (χ1v) is 4.25. The molecule has 0 heterocycles. The van der Waals surface area contributed by atoms with Crippen LogP contribution in [0.25, 0.3) is 0 Å². The van der Waals surface area contributed by atoms with Crippen LogP contribution < -0.4 is 0 Å². The van der Waals surface area contributed by atoms with E-state index in [0.29, 0.717) is 12.8 Å². The van der Waals surface area contributed by atoms with Gasteiger partial charge in [-0.1, -0.05) is 18.9 Å². The Labute approximate surface area is 70.5 Å². The van der Waals surface area contributed by atoms with Crippen LogP contribution in [0.2, 0.25) is 0 Å². The molecule has 2 atom stereocenters. The highest BCUT2D eigenvalue weighted by molar-refractivity contribution is 4.90. The molecule has 0 aliphatic heterocycles. The topological polar surface area (TPSA) is 0 Å². The molecule has 0 N–H and O–H groups in total. The second-order valence-electron chi connectivity index (χ2n) is 3.33. The van der Waals surface area contributed by atoms with E-state index in [-0.39, 0.29) is 12.3 Å². The van der Waals surface area contributed by atoms with E-state index in [0.717, 1.165) is 6.42 Å². The van der Waals surface area contributed by atoms with Crippen LogP contribution in [0.1, 0.15) is 25.7 Å². The summed E-state index contributed by atoms with van der Waals surface area (Å²) < 4.78 is 37.0. The zero-order valence-corrected chi connectivity index (χ0v) is 6.90. The molecule has 0 radical (unpaired) electrons.